The van der Waals surface area contributed by atoms with Crippen molar-refractivity contribution in [3.63, 3.8) is 0 Å². The van der Waals surface area contributed by atoms with Gasteiger partial charge < -0.3 is 19.8 Å². The molecule has 22 heavy (non-hydrogen) atoms. The van der Waals surface area contributed by atoms with E-state index in [-0.39, 0.29) is 12.7 Å². The lowest BCUT2D eigenvalue weighted by atomic mass is 10.1. The lowest BCUT2D eigenvalue weighted by Gasteiger charge is -2.21. The van der Waals surface area contributed by atoms with Crippen molar-refractivity contribution in [1.82, 2.24) is 4.90 Å². The van der Waals surface area contributed by atoms with Crippen LogP contribution in [-0.4, -0.2) is 54.1 Å². The van der Waals surface area contributed by atoms with Crippen LogP contribution in [0.15, 0.2) is 42.5 Å². The highest BCUT2D eigenvalue weighted by Crippen LogP contribution is 2.20. The van der Waals surface area contributed by atoms with E-state index in [1.165, 1.54) is 5.39 Å². The molecule has 0 aliphatic carbocycles. The van der Waals surface area contributed by atoms with Gasteiger partial charge in [0.2, 0.25) is 0 Å². The minimum absolute atomic E-state index is 0.261. The summed E-state index contributed by atoms with van der Waals surface area (Å²) in [5, 5.41) is 21.6. The predicted molar refractivity (Wildman–Crippen MR) is 89.2 cm³/mol. The first kappa shape index (κ1) is 16.7. The fourth-order valence-corrected chi connectivity index (χ4v) is 2.36. The molecular weight excluding hydrogens is 278 g/mol. The van der Waals surface area contributed by atoms with Gasteiger partial charge in [-0.05, 0) is 43.3 Å². The monoisotopic (exact) mass is 303 g/mol. The van der Waals surface area contributed by atoms with E-state index in [1.807, 2.05) is 48.3 Å². The van der Waals surface area contributed by atoms with Crippen LogP contribution in [0.25, 0.3) is 10.8 Å². The third-order valence-corrected chi connectivity index (χ3v) is 3.61. The molecule has 0 saturated heterocycles. The van der Waals surface area contributed by atoms with Crippen molar-refractivity contribution in [2.75, 3.05) is 26.7 Å². The smallest absolute Gasteiger partial charge is 0.120 e. The number of hydrogen-bond acceptors (Lipinski definition) is 4. The first-order valence-electron chi connectivity index (χ1n) is 7.71. The number of likely N-dealkylation sites (N-methyl/N-ethyl adjacent to an activating group) is 1. The van der Waals surface area contributed by atoms with E-state index < -0.39 is 6.10 Å². The van der Waals surface area contributed by atoms with E-state index in [4.69, 9.17) is 4.74 Å². The number of nitrogens with zero attached hydrogens (tertiary/aromatic N) is 1. The molecule has 0 spiro atoms. The van der Waals surface area contributed by atoms with Crippen molar-refractivity contribution in [3.8, 4) is 5.75 Å². The summed E-state index contributed by atoms with van der Waals surface area (Å²) in [5.41, 5.74) is 0. The summed E-state index contributed by atoms with van der Waals surface area (Å²) in [6, 6.07) is 14.0. The number of aliphatic hydroxyl groups excluding tert-OH is 2. The molecule has 0 aliphatic heterocycles. The molecule has 4 nitrogen and oxygen atoms in total. The molecule has 0 amide bonds. The van der Waals surface area contributed by atoms with Crippen LogP contribution in [0.1, 0.15) is 13.3 Å². The normalized spacial score (nSPS) is 14.2. The fraction of sp³-hybridized carbons (Fsp3) is 0.444. The quantitative estimate of drug-likeness (QED) is 0.785. The summed E-state index contributed by atoms with van der Waals surface area (Å²) in [5.74, 6) is 0.768. The van der Waals surface area contributed by atoms with Gasteiger partial charge in [-0.1, -0.05) is 30.3 Å². The fourth-order valence-electron chi connectivity index (χ4n) is 2.36. The van der Waals surface area contributed by atoms with Crippen molar-refractivity contribution in [1.29, 1.82) is 0 Å². The van der Waals surface area contributed by atoms with Gasteiger partial charge in [0.1, 0.15) is 18.5 Å². The Morgan fingerprint density at radius 2 is 1.82 bits per heavy atom. The van der Waals surface area contributed by atoms with Gasteiger partial charge in [0.25, 0.3) is 0 Å². The van der Waals surface area contributed by atoms with Crippen LogP contribution in [0.4, 0.5) is 0 Å². The number of fused-ring (bicyclic) bond motifs is 1. The van der Waals surface area contributed by atoms with Crippen LogP contribution in [0.3, 0.4) is 0 Å². The highest BCUT2D eigenvalue weighted by Gasteiger charge is 2.10. The van der Waals surface area contributed by atoms with Crippen LogP contribution in [0.5, 0.6) is 5.75 Å². The summed E-state index contributed by atoms with van der Waals surface area (Å²) in [6.07, 6.45) is -0.159. The molecule has 0 bridgehead atoms. The third-order valence-electron chi connectivity index (χ3n) is 3.61. The first-order valence-corrected chi connectivity index (χ1v) is 7.71. The van der Waals surface area contributed by atoms with E-state index in [0.29, 0.717) is 13.0 Å². The highest BCUT2D eigenvalue weighted by atomic mass is 16.5. The molecule has 120 valence electrons. The molecule has 0 aromatic heterocycles. The zero-order chi connectivity index (χ0) is 15.9. The Labute approximate surface area is 131 Å². The molecule has 2 N–H and O–H groups in total. The summed E-state index contributed by atoms with van der Waals surface area (Å²) in [4.78, 5) is 2.00. The Bertz CT molecular complexity index is 585. The standard InChI is InChI=1S/C18H25NO3/c1-14(20)9-10-19(2)12-17(21)13-22-18-8-7-15-5-3-4-6-16(15)11-18/h3-8,11,14,17,20-21H,9-10,12-13H2,1-2H3. The van der Waals surface area contributed by atoms with E-state index in [1.54, 1.807) is 6.92 Å². The van der Waals surface area contributed by atoms with Gasteiger partial charge >= 0.3 is 0 Å². The van der Waals surface area contributed by atoms with Crippen molar-refractivity contribution in [2.24, 2.45) is 0 Å². The van der Waals surface area contributed by atoms with Gasteiger partial charge in [-0.25, -0.2) is 0 Å². The molecule has 0 saturated carbocycles. The topological polar surface area (TPSA) is 52.9 Å². The van der Waals surface area contributed by atoms with Crippen LogP contribution in [0, 0.1) is 0 Å². The maximum Gasteiger partial charge on any atom is 0.120 e. The maximum atomic E-state index is 10.0. The van der Waals surface area contributed by atoms with Crippen LogP contribution in [-0.2, 0) is 0 Å². The largest absolute Gasteiger partial charge is 0.491 e. The molecule has 0 radical (unpaired) electrons. The minimum atomic E-state index is -0.550. The average molecular weight is 303 g/mol. The Morgan fingerprint density at radius 3 is 2.55 bits per heavy atom. The summed E-state index contributed by atoms with van der Waals surface area (Å²) in [6.45, 7) is 3.31. The summed E-state index contributed by atoms with van der Waals surface area (Å²) < 4.78 is 5.68. The van der Waals surface area contributed by atoms with E-state index in [0.717, 1.165) is 17.7 Å². The average Bonchev–Trinajstić information content (AvgIpc) is 2.50. The molecule has 2 unspecified atom stereocenters. The third kappa shape index (κ3) is 5.30. The minimum Gasteiger partial charge on any atom is -0.491 e. The highest BCUT2D eigenvalue weighted by molar-refractivity contribution is 5.83. The first-order chi connectivity index (χ1) is 10.5. The van der Waals surface area contributed by atoms with E-state index in [9.17, 15) is 10.2 Å². The Hall–Kier alpha value is -1.62. The lowest BCUT2D eigenvalue weighted by Crippen LogP contribution is -2.34. The summed E-state index contributed by atoms with van der Waals surface area (Å²) in [7, 11) is 1.93. The molecule has 2 atom stereocenters. The van der Waals surface area contributed by atoms with E-state index in [2.05, 4.69) is 6.07 Å². The number of rotatable bonds is 8. The SMILES string of the molecule is CC(O)CCN(C)CC(O)COc1ccc2ccccc2c1. The van der Waals surface area contributed by atoms with Gasteiger partial charge in [-0.15, -0.1) is 0 Å². The number of benzene rings is 2. The van der Waals surface area contributed by atoms with Crippen molar-refractivity contribution in [2.45, 2.75) is 25.6 Å². The molecule has 0 aliphatic rings. The molecule has 4 heteroatoms. The van der Waals surface area contributed by atoms with Gasteiger partial charge in [0.15, 0.2) is 0 Å². The van der Waals surface area contributed by atoms with Crippen LogP contribution >= 0.6 is 0 Å². The van der Waals surface area contributed by atoms with Crippen LogP contribution in [0.2, 0.25) is 0 Å². The number of ether oxygens (including phenoxy) is 1. The molecule has 2 rings (SSSR count). The zero-order valence-corrected chi connectivity index (χ0v) is 13.3. The van der Waals surface area contributed by atoms with Crippen molar-refractivity contribution < 1.29 is 14.9 Å². The maximum absolute atomic E-state index is 10.0. The van der Waals surface area contributed by atoms with Gasteiger partial charge in [-0.3, -0.25) is 0 Å². The zero-order valence-electron chi connectivity index (χ0n) is 13.3. The van der Waals surface area contributed by atoms with Crippen molar-refractivity contribution in [3.05, 3.63) is 42.5 Å². The van der Waals surface area contributed by atoms with Gasteiger partial charge in [0, 0.05) is 13.1 Å². The number of aliphatic hydroxyl groups is 2. The molecule has 0 heterocycles. The number of hydrogen-bond donors (Lipinski definition) is 2. The molecule has 2 aromatic rings. The van der Waals surface area contributed by atoms with Crippen molar-refractivity contribution >= 4 is 10.8 Å². The molecule has 2 aromatic carbocycles. The molecular formula is C18H25NO3. The van der Waals surface area contributed by atoms with Crippen LogP contribution < -0.4 is 4.74 Å². The molecule has 0 fully saturated rings. The Morgan fingerprint density at radius 1 is 1.09 bits per heavy atom. The summed E-state index contributed by atoms with van der Waals surface area (Å²) >= 11 is 0. The van der Waals surface area contributed by atoms with E-state index >= 15 is 0 Å². The second-order valence-electron chi connectivity index (χ2n) is 5.87. The Kier molecular flexibility index (Phi) is 6.19. The van der Waals surface area contributed by atoms with Gasteiger partial charge in [0.05, 0.1) is 6.10 Å². The second-order valence-corrected chi connectivity index (χ2v) is 5.87. The Balaban J connectivity index is 1.80. The second kappa shape index (κ2) is 8.13. The lowest BCUT2D eigenvalue weighted by molar-refractivity contribution is 0.0709. The predicted octanol–water partition coefficient (Wildman–Crippen LogP) is 2.28. The van der Waals surface area contributed by atoms with Gasteiger partial charge in [-0.2, -0.15) is 0 Å².